The molecule has 1 N–H and O–H groups in total. The highest BCUT2D eigenvalue weighted by Gasteiger charge is 2.40. The van der Waals surface area contributed by atoms with Crippen LogP contribution in [0.4, 0.5) is 0 Å². The lowest BCUT2D eigenvalue weighted by Crippen LogP contribution is -2.38. The van der Waals surface area contributed by atoms with Crippen molar-refractivity contribution in [2.24, 2.45) is 11.3 Å². The molecule has 0 saturated heterocycles. The van der Waals surface area contributed by atoms with Gasteiger partial charge in [0.25, 0.3) is 0 Å². The van der Waals surface area contributed by atoms with Crippen LogP contribution >= 0.6 is 0 Å². The van der Waals surface area contributed by atoms with E-state index in [1.807, 2.05) is 0 Å². The molecule has 3 heteroatoms. The van der Waals surface area contributed by atoms with Gasteiger partial charge in [0.1, 0.15) is 0 Å². The number of nitrogens with one attached hydrogen (secondary N) is 1. The van der Waals surface area contributed by atoms with E-state index in [2.05, 4.69) is 12.2 Å². The van der Waals surface area contributed by atoms with Crippen LogP contribution in [0.25, 0.3) is 0 Å². The Kier molecular flexibility index (Phi) is 4.85. The monoisotopic (exact) mass is 201 g/mol. The Morgan fingerprint density at radius 2 is 2.00 bits per heavy atom. The highest BCUT2D eigenvalue weighted by molar-refractivity contribution is 4.92. The predicted octanol–water partition coefficient (Wildman–Crippen LogP) is 1.29. The first-order valence-corrected chi connectivity index (χ1v) is 5.41. The fraction of sp³-hybridized carbons (Fsp3) is 1.00. The van der Waals surface area contributed by atoms with Gasteiger partial charge in [0, 0.05) is 32.7 Å². The average molecular weight is 201 g/mol. The molecule has 0 aromatic heterocycles. The van der Waals surface area contributed by atoms with Crippen molar-refractivity contribution in [2.45, 2.75) is 19.8 Å². The zero-order valence-corrected chi connectivity index (χ0v) is 9.64. The molecule has 0 aliphatic heterocycles. The fourth-order valence-corrected chi connectivity index (χ4v) is 1.97. The van der Waals surface area contributed by atoms with Crippen molar-refractivity contribution in [3.63, 3.8) is 0 Å². The minimum absolute atomic E-state index is 0.322. The van der Waals surface area contributed by atoms with Crippen LogP contribution < -0.4 is 5.32 Å². The second-order valence-electron chi connectivity index (χ2n) is 4.53. The van der Waals surface area contributed by atoms with Gasteiger partial charge in [0.2, 0.25) is 0 Å². The summed E-state index contributed by atoms with van der Waals surface area (Å²) in [5.41, 5.74) is 0.322. The molecule has 14 heavy (non-hydrogen) atoms. The zero-order valence-electron chi connectivity index (χ0n) is 9.64. The van der Waals surface area contributed by atoms with Crippen molar-refractivity contribution in [2.75, 3.05) is 40.5 Å². The van der Waals surface area contributed by atoms with E-state index in [4.69, 9.17) is 9.47 Å². The maximum atomic E-state index is 5.29. The summed E-state index contributed by atoms with van der Waals surface area (Å²) >= 11 is 0. The van der Waals surface area contributed by atoms with Gasteiger partial charge in [0.15, 0.2) is 0 Å². The highest BCUT2D eigenvalue weighted by atomic mass is 16.5. The molecule has 0 amide bonds. The lowest BCUT2D eigenvalue weighted by atomic mass is 9.85. The van der Waals surface area contributed by atoms with Crippen LogP contribution in [0.1, 0.15) is 19.8 Å². The summed E-state index contributed by atoms with van der Waals surface area (Å²) in [6.45, 7) is 5.93. The molecule has 1 aliphatic rings. The van der Waals surface area contributed by atoms with Crippen molar-refractivity contribution in [3.05, 3.63) is 0 Å². The molecule has 0 aromatic carbocycles. The minimum atomic E-state index is 0.322. The molecule has 0 aromatic rings. The van der Waals surface area contributed by atoms with Crippen molar-refractivity contribution in [1.29, 1.82) is 0 Å². The summed E-state index contributed by atoms with van der Waals surface area (Å²) in [6.07, 6.45) is 2.73. The van der Waals surface area contributed by atoms with Crippen molar-refractivity contribution >= 4 is 0 Å². The third-order valence-electron chi connectivity index (χ3n) is 3.05. The normalized spacial score (nSPS) is 20.8. The molecule has 84 valence electrons. The Bertz CT molecular complexity index is 159. The summed E-state index contributed by atoms with van der Waals surface area (Å²) in [6, 6.07) is 0. The van der Waals surface area contributed by atoms with E-state index in [1.54, 1.807) is 14.2 Å². The van der Waals surface area contributed by atoms with Gasteiger partial charge in [0.05, 0.1) is 13.2 Å². The Hall–Kier alpha value is -0.120. The lowest BCUT2D eigenvalue weighted by Gasteiger charge is -2.29. The first-order valence-electron chi connectivity index (χ1n) is 5.41. The van der Waals surface area contributed by atoms with Gasteiger partial charge in [-0.05, 0) is 18.8 Å². The van der Waals surface area contributed by atoms with Gasteiger partial charge in [-0.1, -0.05) is 6.92 Å². The molecule has 1 unspecified atom stereocenters. The van der Waals surface area contributed by atoms with Crippen LogP contribution in [0.5, 0.6) is 0 Å². The number of rotatable bonds is 8. The van der Waals surface area contributed by atoms with E-state index in [-0.39, 0.29) is 0 Å². The molecule has 1 fully saturated rings. The molecule has 0 radical (unpaired) electrons. The van der Waals surface area contributed by atoms with Gasteiger partial charge in [-0.15, -0.1) is 0 Å². The molecule has 0 bridgehead atoms. The van der Waals surface area contributed by atoms with E-state index in [9.17, 15) is 0 Å². The second kappa shape index (κ2) is 5.69. The molecular formula is C11H23NO2. The predicted molar refractivity (Wildman–Crippen MR) is 57.5 cm³/mol. The summed E-state index contributed by atoms with van der Waals surface area (Å²) < 4.78 is 10.3. The maximum Gasteiger partial charge on any atom is 0.0587 e. The Labute approximate surface area is 87.2 Å². The zero-order chi connectivity index (χ0) is 10.4. The SMILES string of the molecule is COCCNCC(C)(COC)C1CC1. The number of hydrogen-bond acceptors (Lipinski definition) is 3. The Morgan fingerprint density at radius 1 is 1.29 bits per heavy atom. The average Bonchev–Trinajstić information content (AvgIpc) is 2.96. The first kappa shape index (κ1) is 12.0. The smallest absolute Gasteiger partial charge is 0.0587 e. The largest absolute Gasteiger partial charge is 0.384 e. The number of ether oxygens (including phenoxy) is 2. The van der Waals surface area contributed by atoms with Crippen molar-refractivity contribution in [3.8, 4) is 0 Å². The van der Waals surface area contributed by atoms with E-state index >= 15 is 0 Å². The quantitative estimate of drug-likeness (QED) is 0.600. The van der Waals surface area contributed by atoms with Gasteiger partial charge in [-0.2, -0.15) is 0 Å². The second-order valence-corrected chi connectivity index (χ2v) is 4.53. The molecule has 1 aliphatic carbocycles. The van der Waals surface area contributed by atoms with E-state index in [1.165, 1.54) is 12.8 Å². The molecule has 3 nitrogen and oxygen atoms in total. The molecule has 1 saturated carbocycles. The third-order valence-corrected chi connectivity index (χ3v) is 3.05. The Morgan fingerprint density at radius 3 is 2.50 bits per heavy atom. The minimum Gasteiger partial charge on any atom is -0.384 e. The van der Waals surface area contributed by atoms with Crippen molar-refractivity contribution in [1.82, 2.24) is 5.32 Å². The highest BCUT2D eigenvalue weighted by Crippen LogP contribution is 2.45. The summed E-state index contributed by atoms with van der Waals surface area (Å²) in [7, 11) is 3.52. The molecular weight excluding hydrogens is 178 g/mol. The standard InChI is InChI=1S/C11H23NO2/c1-11(9-14-3,10-4-5-10)8-12-6-7-13-2/h10,12H,4-9H2,1-3H3. The maximum absolute atomic E-state index is 5.29. The molecule has 1 rings (SSSR count). The van der Waals surface area contributed by atoms with Gasteiger partial charge < -0.3 is 14.8 Å². The van der Waals surface area contributed by atoms with E-state index < -0.39 is 0 Å². The van der Waals surface area contributed by atoms with E-state index in [0.29, 0.717) is 5.41 Å². The lowest BCUT2D eigenvalue weighted by molar-refractivity contribution is 0.0731. The van der Waals surface area contributed by atoms with Crippen molar-refractivity contribution < 1.29 is 9.47 Å². The topological polar surface area (TPSA) is 30.5 Å². The summed E-state index contributed by atoms with van der Waals surface area (Å²) in [5, 5.41) is 3.43. The summed E-state index contributed by atoms with van der Waals surface area (Å²) in [5.74, 6) is 0.859. The Balaban J connectivity index is 2.21. The first-order chi connectivity index (χ1) is 6.73. The molecule has 0 spiro atoms. The van der Waals surface area contributed by atoms with Crippen LogP contribution in [0.3, 0.4) is 0 Å². The van der Waals surface area contributed by atoms with Crippen LogP contribution in [0.15, 0.2) is 0 Å². The van der Waals surface area contributed by atoms with Gasteiger partial charge >= 0.3 is 0 Å². The van der Waals surface area contributed by atoms with Gasteiger partial charge in [-0.3, -0.25) is 0 Å². The molecule has 0 heterocycles. The number of hydrogen-bond donors (Lipinski definition) is 1. The van der Waals surface area contributed by atoms with E-state index in [0.717, 1.165) is 32.2 Å². The van der Waals surface area contributed by atoms with Crippen LogP contribution in [-0.4, -0.2) is 40.5 Å². The van der Waals surface area contributed by atoms with Crippen LogP contribution in [0.2, 0.25) is 0 Å². The molecule has 1 atom stereocenters. The fourth-order valence-electron chi connectivity index (χ4n) is 1.97. The van der Waals surface area contributed by atoms with Crippen LogP contribution in [-0.2, 0) is 9.47 Å². The summed E-state index contributed by atoms with van der Waals surface area (Å²) in [4.78, 5) is 0. The number of methoxy groups -OCH3 is 2. The van der Waals surface area contributed by atoms with Gasteiger partial charge in [-0.25, -0.2) is 0 Å². The third kappa shape index (κ3) is 3.56. The van der Waals surface area contributed by atoms with Crippen LogP contribution in [0, 0.1) is 11.3 Å².